The number of anilines is 1. The molecule has 0 saturated carbocycles. The molecule has 2 rings (SSSR count). The zero-order valence-electron chi connectivity index (χ0n) is 7.68. The minimum atomic E-state index is -2.76. The molecule has 0 saturated heterocycles. The Bertz CT molecular complexity index is 570. The lowest BCUT2D eigenvalue weighted by molar-refractivity contribution is 0.484. The molecule has 0 aliphatic rings. The van der Waals surface area contributed by atoms with Crippen LogP contribution in [0.15, 0.2) is 36.4 Å². The van der Waals surface area contributed by atoms with Crippen LogP contribution in [-0.2, 0) is 10.9 Å². The van der Waals surface area contributed by atoms with E-state index in [0.29, 0.717) is 5.39 Å². The van der Waals surface area contributed by atoms with Crippen LogP contribution in [0.1, 0.15) is 0 Å². The maximum absolute atomic E-state index is 10.5. The first-order valence-corrected chi connectivity index (χ1v) is 5.48. The molecule has 0 atom stereocenters. The molecular weight excluding hydrogens is 214 g/mol. The third kappa shape index (κ3) is 1.87. The van der Waals surface area contributed by atoms with Gasteiger partial charge in [0.1, 0.15) is 5.75 Å². The van der Waals surface area contributed by atoms with Gasteiger partial charge in [0.2, 0.25) is 10.9 Å². The Labute approximate surface area is 88.2 Å². The first-order valence-electron chi connectivity index (χ1n) is 4.30. The summed E-state index contributed by atoms with van der Waals surface area (Å²) in [6.07, 6.45) is 0. The Hall–Kier alpha value is -1.75. The van der Waals surface area contributed by atoms with E-state index < -0.39 is 10.9 Å². The fourth-order valence-corrected chi connectivity index (χ4v) is 1.82. The fourth-order valence-electron chi connectivity index (χ4n) is 1.44. The molecule has 0 fully saturated rings. The van der Waals surface area contributed by atoms with Gasteiger partial charge in [-0.2, -0.15) is 0 Å². The second kappa shape index (κ2) is 3.78. The predicted octanol–water partition coefficient (Wildman–Crippen LogP) is 1.48. The topological polar surface area (TPSA) is 66.4 Å². The van der Waals surface area contributed by atoms with Gasteiger partial charge in [-0.25, -0.2) is 8.42 Å². The average Bonchev–Trinajstić information content (AvgIpc) is 2.22. The highest BCUT2D eigenvalue weighted by atomic mass is 32.2. The fraction of sp³-hybridized carbons (Fsp3) is 0. The van der Waals surface area contributed by atoms with Crippen molar-refractivity contribution in [2.45, 2.75) is 0 Å². The molecule has 4 nitrogen and oxygen atoms in total. The van der Waals surface area contributed by atoms with Crippen molar-refractivity contribution in [3.05, 3.63) is 36.4 Å². The van der Waals surface area contributed by atoms with E-state index in [1.54, 1.807) is 18.2 Å². The first-order chi connectivity index (χ1) is 7.18. The Kier molecular flexibility index (Phi) is 2.47. The van der Waals surface area contributed by atoms with Crippen molar-refractivity contribution < 1.29 is 13.5 Å². The Balaban J connectivity index is 2.64. The van der Waals surface area contributed by atoms with Gasteiger partial charge in [0, 0.05) is 5.39 Å². The third-order valence-electron chi connectivity index (χ3n) is 2.11. The summed E-state index contributed by atoms with van der Waals surface area (Å²) in [4.78, 5) is 0. The summed E-state index contributed by atoms with van der Waals surface area (Å²) in [6, 6.07) is 10.5. The van der Waals surface area contributed by atoms with Crippen molar-refractivity contribution >= 4 is 27.4 Å². The van der Waals surface area contributed by atoms with Gasteiger partial charge >= 0.3 is 0 Å². The van der Waals surface area contributed by atoms with E-state index in [4.69, 9.17) is 0 Å². The van der Waals surface area contributed by atoms with E-state index in [0.717, 1.165) is 5.39 Å². The molecule has 0 aliphatic carbocycles. The molecule has 0 bridgehead atoms. The maximum atomic E-state index is 10.5. The van der Waals surface area contributed by atoms with Gasteiger partial charge < -0.3 is 5.11 Å². The van der Waals surface area contributed by atoms with E-state index in [-0.39, 0.29) is 11.4 Å². The highest BCUT2D eigenvalue weighted by Gasteiger charge is 2.05. The van der Waals surface area contributed by atoms with Crippen molar-refractivity contribution in [2.24, 2.45) is 0 Å². The van der Waals surface area contributed by atoms with E-state index in [1.807, 2.05) is 12.1 Å². The molecule has 5 heteroatoms. The van der Waals surface area contributed by atoms with Gasteiger partial charge in [-0.3, -0.25) is 4.72 Å². The van der Waals surface area contributed by atoms with E-state index in [2.05, 4.69) is 4.72 Å². The second-order valence-corrected chi connectivity index (χ2v) is 3.79. The zero-order valence-corrected chi connectivity index (χ0v) is 8.57. The molecule has 2 aromatic rings. The van der Waals surface area contributed by atoms with Gasteiger partial charge in [-0.05, 0) is 11.5 Å². The van der Waals surface area contributed by atoms with Crippen LogP contribution in [0.3, 0.4) is 0 Å². The number of fused-ring (bicyclic) bond motifs is 1. The first kappa shape index (κ1) is 9.79. The molecule has 0 radical (unpaired) electrons. The number of benzene rings is 2. The van der Waals surface area contributed by atoms with Crippen molar-refractivity contribution in [2.75, 3.05) is 4.72 Å². The van der Waals surface area contributed by atoms with Gasteiger partial charge in [-0.15, -0.1) is 0 Å². The monoisotopic (exact) mass is 223 g/mol. The molecule has 78 valence electrons. The molecule has 0 unspecified atom stereocenters. The van der Waals surface area contributed by atoms with Gasteiger partial charge in [0.25, 0.3) is 0 Å². The molecule has 2 aromatic carbocycles. The van der Waals surface area contributed by atoms with Crippen LogP contribution in [0.25, 0.3) is 10.8 Å². The van der Waals surface area contributed by atoms with Crippen molar-refractivity contribution in [1.82, 2.24) is 0 Å². The zero-order chi connectivity index (χ0) is 10.8. The number of rotatable bonds is 2. The van der Waals surface area contributed by atoms with Gasteiger partial charge in [-0.1, -0.05) is 30.3 Å². The summed E-state index contributed by atoms with van der Waals surface area (Å²) < 4.78 is 23.1. The molecular formula is C10H9NO3S. The minimum Gasteiger partial charge on any atom is -0.505 e. The number of hydrogen-bond acceptors (Lipinski definition) is 3. The van der Waals surface area contributed by atoms with Crippen LogP contribution in [0.5, 0.6) is 5.75 Å². The Morgan fingerprint density at radius 1 is 1.07 bits per heavy atom. The van der Waals surface area contributed by atoms with Crippen LogP contribution in [-0.4, -0.2) is 13.5 Å². The summed E-state index contributed by atoms with van der Waals surface area (Å²) in [7, 11) is -2.76. The average molecular weight is 223 g/mol. The summed E-state index contributed by atoms with van der Waals surface area (Å²) in [5.41, 5.74) is 0.199. The lowest BCUT2D eigenvalue weighted by Gasteiger charge is -2.05. The largest absolute Gasteiger partial charge is 0.505 e. The highest BCUT2D eigenvalue weighted by molar-refractivity contribution is 7.73. The summed E-state index contributed by atoms with van der Waals surface area (Å²) in [6.45, 7) is 0. The Morgan fingerprint density at radius 2 is 1.80 bits per heavy atom. The third-order valence-corrected chi connectivity index (χ3v) is 2.54. The second-order valence-electron chi connectivity index (χ2n) is 3.05. The smallest absolute Gasteiger partial charge is 0.222 e. The predicted molar refractivity (Wildman–Crippen MR) is 59.6 cm³/mol. The van der Waals surface area contributed by atoms with E-state index in [1.165, 1.54) is 6.07 Å². The molecule has 0 spiro atoms. The van der Waals surface area contributed by atoms with Crippen LogP contribution in [0.2, 0.25) is 0 Å². The van der Waals surface area contributed by atoms with Crippen LogP contribution in [0.4, 0.5) is 5.69 Å². The number of phenolic OH excluding ortho intramolecular Hbond substituents is 1. The summed E-state index contributed by atoms with van der Waals surface area (Å²) in [5, 5.41) is 11.3. The quantitative estimate of drug-likeness (QED) is 0.533. The van der Waals surface area contributed by atoms with Crippen molar-refractivity contribution in [3.63, 3.8) is 0 Å². The molecule has 0 aromatic heterocycles. The van der Waals surface area contributed by atoms with E-state index >= 15 is 0 Å². The van der Waals surface area contributed by atoms with Crippen LogP contribution < -0.4 is 4.72 Å². The molecule has 0 aliphatic heterocycles. The number of thiol groups is 1. The van der Waals surface area contributed by atoms with Crippen LogP contribution in [0, 0.1) is 0 Å². The maximum Gasteiger partial charge on any atom is 0.222 e. The number of phenols is 1. The van der Waals surface area contributed by atoms with Crippen molar-refractivity contribution in [1.29, 1.82) is 0 Å². The lowest BCUT2D eigenvalue weighted by atomic mass is 10.1. The van der Waals surface area contributed by atoms with Gasteiger partial charge in [0.15, 0.2) is 0 Å². The molecule has 0 heterocycles. The molecule has 0 amide bonds. The molecule has 2 N–H and O–H groups in total. The SMILES string of the molecule is O=[SH](=O)Nc1ccc2ccccc2c1O. The normalized spacial score (nSPS) is 10.7. The lowest BCUT2D eigenvalue weighted by Crippen LogP contribution is -1.95. The number of hydrogen-bond donors (Lipinski definition) is 3. The molecule has 15 heavy (non-hydrogen) atoms. The summed E-state index contributed by atoms with van der Waals surface area (Å²) in [5.74, 6) is -0.0488. The number of nitrogens with one attached hydrogen (secondary N) is 1. The van der Waals surface area contributed by atoms with E-state index in [9.17, 15) is 13.5 Å². The summed E-state index contributed by atoms with van der Waals surface area (Å²) >= 11 is 0. The minimum absolute atomic E-state index is 0.0488. The van der Waals surface area contributed by atoms with Crippen LogP contribution >= 0.6 is 0 Å². The standard InChI is InChI=1S/C10H9NO3S/c12-10-8-4-2-1-3-7(8)5-6-9(10)11-15(13)14/h1-6,12,15H,(H,11,13,14). The van der Waals surface area contributed by atoms with Gasteiger partial charge in [0.05, 0.1) is 5.69 Å². The Morgan fingerprint density at radius 3 is 2.53 bits per heavy atom. The number of aromatic hydroxyl groups is 1. The highest BCUT2D eigenvalue weighted by Crippen LogP contribution is 2.32. The van der Waals surface area contributed by atoms with Crippen molar-refractivity contribution in [3.8, 4) is 5.75 Å².